The SMILES string of the molecule is CC/C=C/C=C/C=C/C=C/C=C/CCCC(=O)OCC(COC(=O)CCCCCC/C=C/C/C=C/C/C=C/CC)OC(=O)CCCCCC/C=C/C/C=C/C/C=C/CC. The van der Waals surface area contributed by atoms with Gasteiger partial charge in [-0.3, -0.25) is 14.4 Å². The second kappa shape index (κ2) is 46.2. The van der Waals surface area contributed by atoms with Gasteiger partial charge in [0.1, 0.15) is 13.2 Å². The molecule has 0 spiro atoms. The van der Waals surface area contributed by atoms with Gasteiger partial charge in [0.05, 0.1) is 0 Å². The number of ether oxygens (including phenoxy) is 3. The van der Waals surface area contributed by atoms with Gasteiger partial charge in [-0.2, -0.15) is 0 Å². The molecule has 0 N–H and O–H groups in total. The standard InChI is InChI=1S/C53H80O6/c1-4-7-10-13-16-19-22-25-28-31-34-37-40-43-46-52(55)58-49-50(48-57-51(54)45-42-39-36-33-30-27-24-21-18-15-12-9-6-3)59-53(56)47-44-41-38-35-32-29-26-23-20-17-14-11-8-5-2/h7-12,15-21,24-30,33,36,50H,4-6,13-14,22-23,31-32,34-35,37-49H2,1-3H3/b10-7+,11-8+,12-9+,18-15+,19-16+,20-17+,24-21+,28-25+,29-26+,30-27+,36-33+. The lowest BCUT2D eigenvalue weighted by molar-refractivity contribution is -0.167. The summed E-state index contributed by atoms with van der Waals surface area (Å²) in [7, 11) is 0. The van der Waals surface area contributed by atoms with Gasteiger partial charge in [-0.15, -0.1) is 0 Å². The second-order valence-electron chi connectivity index (χ2n) is 14.3. The van der Waals surface area contributed by atoms with Crippen LogP contribution in [0.4, 0.5) is 0 Å². The van der Waals surface area contributed by atoms with E-state index < -0.39 is 6.10 Å². The fourth-order valence-electron chi connectivity index (χ4n) is 5.44. The second-order valence-corrected chi connectivity index (χ2v) is 14.3. The topological polar surface area (TPSA) is 78.9 Å². The lowest BCUT2D eigenvalue weighted by Crippen LogP contribution is -2.30. The van der Waals surface area contributed by atoms with Crippen LogP contribution in [0.3, 0.4) is 0 Å². The summed E-state index contributed by atoms with van der Waals surface area (Å²) in [5.74, 6) is -1.06. The Bertz CT molecular complexity index is 1350. The number of carbonyl (C=O) groups is 3. The third kappa shape index (κ3) is 44.5. The third-order valence-electron chi connectivity index (χ3n) is 8.76. The Balaban J connectivity index is 4.61. The van der Waals surface area contributed by atoms with Crippen LogP contribution in [-0.4, -0.2) is 37.2 Å². The fraction of sp³-hybridized carbons (Fsp3) is 0.528. The fourth-order valence-corrected chi connectivity index (χ4v) is 5.44. The Morgan fingerprint density at radius 1 is 0.356 bits per heavy atom. The first-order valence-electron chi connectivity index (χ1n) is 22.8. The highest BCUT2D eigenvalue weighted by Gasteiger charge is 2.19. The van der Waals surface area contributed by atoms with Gasteiger partial charge >= 0.3 is 17.9 Å². The first-order chi connectivity index (χ1) is 29.0. The summed E-state index contributed by atoms with van der Waals surface area (Å²) in [6, 6.07) is 0. The van der Waals surface area contributed by atoms with Gasteiger partial charge in [0, 0.05) is 19.3 Å². The van der Waals surface area contributed by atoms with Crippen LogP contribution in [0.25, 0.3) is 0 Å². The molecule has 0 heterocycles. The van der Waals surface area contributed by atoms with Crippen molar-refractivity contribution in [3.05, 3.63) is 134 Å². The molecule has 0 aliphatic rings. The van der Waals surface area contributed by atoms with E-state index in [1.165, 1.54) is 0 Å². The first kappa shape index (κ1) is 54.6. The van der Waals surface area contributed by atoms with E-state index in [-0.39, 0.29) is 44.0 Å². The zero-order valence-corrected chi connectivity index (χ0v) is 37.2. The van der Waals surface area contributed by atoms with Crippen molar-refractivity contribution in [2.75, 3.05) is 13.2 Å². The van der Waals surface area contributed by atoms with Crippen molar-refractivity contribution in [2.45, 2.75) is 168 Å². The van der Waals surface area contributed by atoms with E-state index >= 15 is 0 Å². The summed E-state index contributed by atoms with van der Waals surface area (Å²) in [5, 5.41) is 0. The normalized spacial score (nSPS) is 13.3. The molecular formula is C53H80O6. The van der Waals surface area contributed by atoms with Crippen molar-refractivity contribution >= 4 is 17.9 Å². The minimum absolute atomic E-state index is 0.127. The van der Waals surface area contributed by atoms with Crippen molar-refractivity contribution < 1.29 is 28.6 Å². The lowest BCUT2D eigenvalue weighted by Gasteiger charge is -2.18. The smallest absolute Gasteiger partial charge is 0.306 e. The van der Waals surface area contributed by atoms with E-state index in [0.717, 1.165) is 116 Å². The Hall–Kier alpha value is -4.45. The molecule has 328 valence electrons. The third-order valence-corrected chi connectivity index (χ3v) is 8.76. The molecule has 0 aromatic rings. The van der Waals surface area contributed by atoms with Crippen LogP contribution in [0.1, 0.15) is 162 Å². The minimum Gasteiger partial charge on any atom is -0.462 e. The zero-order valence-electron chi connectivity index (χ0n) is 37.2. The molecule has 0 rings (SSSR count). The molecule has 0 aromatic carbocycles. The number of allylic oxidation sites excluding steroid dienone is 22. The predicted molar refractivity (Wildman–Crippen MR) is 251 cm³/mol. The molecule has 59 heavy (non-hydrogen) atoms. The van der Waals surface area contributed by atoms with Gasteiger partial charge in [-0.05, 0) is 96.3 Å². The summed E-state index contributed by atoms with van der Waals surface area (Å²) in [5.41, 5.74) is 0. The quantitative estimate of drug-likeness (QED) is 0.0203. The van der Waals surface area contributed by atoms with Crippen LogP contribution in [0.2, 0.25) is 0 Å². The molecule has 0 aliphatic carbocycles. The summed E-state index contributed by atoms with van der Waals surface area (Å²) < 4.78 is 16.6. The summed E-state index contributed by atoms with van der Waals surface area (Å²) in [4.78, 5) is 37.8. The summed E-state index contributed by atoms with van der Waals surface area (Å²) >= 11 is 0. The zero-order chi connectivity index (χ0) is 43.0. The lowest BCUT2D eigenvalue weighted by atomic mass is 10.1. The molecule has 0 saturated carbocycles. The largest absolute Gasteiger partial charge is 0.462 e. The Labute approximate surface area is 360 Å². The average Bonchev–Trinajstić information content (AvgIpc) is 3.23. The van der Waals surface area contributed by atoms with Crippen LogP contribution in [0, 0.1) is 0 Å². The molecule has 6 heteroatoms. The molecule has 0 bridgehead atoms. The van der Waals surface area contributed by atoms with E-state index in [1.54, 1.807) is 0 Å². The predicted octanol–water partition coefficient (Wildman–Crippen LogP) is 14.7. The highest BCUT2D eigenvalue weighted by molar-refractivity contribution is 5.71. The van der Waals surface area contributed by atoms with Gasteiger partial charge in [0.2, 0.25) is 0 Å². The van der Waals surface area contributed by atoms with Crippen molar-refractivity contribution in [2.24, 2.45) is 0 Å². The molecule has 0 fully saturated rings. The molecule has 0 amide bonds. The van der Waals surface area contributed by atoms with E-state index in [9.17, 15) is 14.4 Å². The molecule has 1 unspecified atom stereocenters. The summed E-state index contributed by atoms with van der Waals surface area (Å²) in [6.07, 6.45) is 64.4. The van der Waals surface area contributed by atoms with Crippen LogP contribution in [0.15, 0.2) is 134 Å². The molecule has 0 radical (unpaired) electrons. The maximum absolute atomic E-state index is 12.7. The first-order valence-corrected chi connectivity index (χ1v) is 22.8. The average molecular weight is 813 g/mol. The van der Waals surface area contributed by atoms with Crippen molar-refractivity contribution in [1.82, 2.24) is 0 Å². The van der Waals surface area contributed by atoms with Gasteiger partial charge in [-0.25, -0.2) is 0 Å². The van der Waals surface area contributed by atoms with E-state index in [2.05, 4.69) is 99.8 Å². The van der Waals surface area contributed by atoms with Crippen LogP contribution < -0.4 is 0 Å². The number of esters is 3. The van der Waals surface area contributed by atoms with Crippen LogP contribution in [0.5, 0.6) is 0 Å². The molecule has 0 saturated heterocycles. The highest BCUT2D eigenvalue weighted by Crippen LogP contribution is 2.11. The molecule has 0 aromatic heterocycles. The van der Waals surface area contributed by atoms with Crippen LogP contribution in [-0.2, 0) is 28.6 Å². The number of hydrogen-bond acceptors (Lipinski definition) is 6. The minimum atomic E-state index is -0.831. The number of hydrogen-bond donors (Lipinski definition) is 0. The number of carbonyl (C=O) groups excluding carboxylic acids is 3. The van der Waals surface area contributed by atoms with Crippen molar-refractivity contribution in [3.8, 4) is 0 Å². The van der Waals surface area contributed by atoms with Crippen molar-refractivity contribution in [1.29, 1.82) is 0 Å². The highest BCUT2D eigenvalue weighted by atomic mass is 16.6. The maximum Gasteiger partial charge on any atom is 0.306 e. The van der Waals surface area contributed by atoms with Gasteiger partial charge in [0.25, 0.3) is 0 Å². The van der Waals surface area contributed by atoms with Crippen LogP contribution >= 0.6 is 0 Å². The summed E-state index contributed by atoms with van der Waals surface area (Å²) in [6.45, 7) is 6.12. The number of rotatable bonds is 38. The van der Waals surface area contributed by atoms with Gasteiger partial charge in [0.15, 0.2) is 6.10 Å². The Morgan fingerprint density at radius 3 is 1.19 bits per heavy atom. The van der Waals surface area contributed by atoms with E-state index in [4.69, 9.17) is 14.2 Å². The Kier molecular flexibility index (Phi) is 42.8. The maximum atomic E-state index is 12.7. The van der Waals surface area contributed by atoms with Crippen molar-refractivity contribution in [3.63, 3.8) is 0 Å². The van der Waals surface area contributed by atoms with E-state index in [1.807, 2.05) is 54.7 Å². The Morgan fingerprint density at radius 2 is 0.712 bits per heavy atom. The molecule has 1 atom stereocenters. The van der Waals surface area contributed by atoms with E-state index in [0.29, 0.717) is 12.8 Å². The number of unbranched alkanes of at least 4 members (excludes halogenated alkanes) is 9. The van der Waals surface area contributed by atoms with Gasteiger partial charge in [-0.1, -0.05) is 180 Å². The molecular weight excluding hydrogens is 733 g/mol. The molecule has 0 aliphatic heterocycles. The monoisotopic (exact) mass is 813 g/mol. The van der Waals surface area contributed by atoms with Gasteiger partial charge < -0.3 is 14.2 Å². The molecule has 6 nitrogen and oxygen atoms in total.